The lowest BCUT2D eigenvalue weighted by atomic mass is 10.2. The van der Waals surface area contributed by atoms with Crippen molar-refractivity contribution in [3.63, 3.8) is 0 Å². The van der Waals surface area contributed by atoms with Crippen molar-refractivity contribution in [3.05, 3.63) is 47.4 Å². The Morgan fingerprint density at radius 2 is 1.86 bits per heavy atom. The Balaban J connectivity index is 2.11. The van der Waals surface area contributed by atoms with E-state index in [0.717, 1.165) is 18.6 Å². The van der Waals surface area contributed by atoms with E-state index in [1.165, 1.54) is 6.07 Å². The number of hydrogen-bond donors (Lipinski definition) is 2. The average Bonchev–Trinajstić information content (AvgIpc) is 2.54. The van der Waals surface area contributed by atoms with Crippen LogP contribution in [0.5, 0.6) is 0 Å². The maximum Gasteiger partial charge on any atom is 0.276 e. The van der Waals surface area contributed by atoms with Crippen molar-refractivity contribution >= 4 is 17.4 Å². The number of hydrogen-bond acceptors (Lipinski definition) is 4. The summed E-state index contributed by atoms with van der Waals surface area (Å²) in [7, 11) is 0. The maximum absolute atomic E-state index is 13.5. The summed E-state index contributed by atoms with van der Waals surface area (Å²) in [4.78, 5) is 11.9. The van der Waals surface area contributed by atoms with Crippen LogP contribution in [0, 0.1) is 17.5 Å². The number of nitrogens with one attached hydrogen (secondary N) is 2. The SMILES string of the molecule is CCCNc1ccc(C(=O)Nc2ccc(F)c(F)c2F)nn1. The highest BCUT2D eigenvalue weighted by atomic mass is 19.2. The Kier molecular flexibility index (Phi) is 4.92. The zero-order valence-electron chi connectivity index (χ0n) is 11.7. The lowest BCUT2D eigenvalue weighted by Crippen LogP contribution is -2.16. The Labute approximate surface area is 124 Å². The van der Waals surface area contributed by atoms with E-state index in [4.69, 9.17) is 0 Å². The number of aromatic nitrogens is 2. The molecule has 2 N–H and O–H groups in total. The van der Waals surface area contributed by atoms with Gasteiger partial charge in [0.05, 0.1) is 5.69 Å². The quantitative estimate of drug-likeness (QED) is 0.833. The molecule has 0 saturated heterocycles. The van der Waals surface area contributed by atoms with Gasteiger partial charge in [0.1, 0.15) is 5.82 Å². The number of anilines is 2. The molecule has 0 radical (unpaired) electrons. The molecule has 1 aromatic carbocycles. The molecule has 0 aliphatic rings. The molecule has 0 fully saturated rings. The molecular weight excluding hydrogens is 297 g/mol. The number of nitrogens with zero attached hydrogens (tertiary/aromatic N) is 2. The number of amides is 1. The van der Waals surface area contributed by atoms with Crippen molar-refractivity contribution in [2.24, 2.45) is 0 Å². The first-order valence-electron chi connectivity index (χ1n) is 6.55. The molecule has 2 rings (SSSR count). The van der Waals surface area contributed by atoms with Crippen molar-refractivity contribution in [3.8, 4) is 0 Å². The van der Waals surface area contributed by atoms with E-state index in [1.807, 2.05) is 6.92 Å². The molecule has 5 nitrogen and oxygen atoms in total. The minimum Gasteiger partial charge on any atom is -0.369 e. The first kappa shape index (κ1) is 15.7. The van der Waals surface area contributed by atoms with Gasteiger partial charge >= 0.3 is 0 Å². The van der Waals surface area contributed by atoms with Crippen LogP contribution in [0.15, 0.2) is 24.3 Å². The first-order valence-corrected chi connectivity index (χ1v) is 6.55. The minimum atomic E-state index is -1.65. The van der Waals surface area contributed by atoms with Crippen LogP contribution < -0.4 is 10.6 Å². The lowest BCUT2D eigenvalue weighted by Gasteiger charge is -2.07. The fraction of sp³-hybridized carbons (Fsp3) is 0.214. The summed E-state index contributed by atoms with van der Waals surface area (Å²) < 4.78 is 39.4. The zero-order chi connectivity index (χ0) is 16.1. The highest BCUT2D eigenvalue weighted by Gasteiger charge is 2.16. The van der Waals surface area contributed by atoms with Crippen molar-refractivity contribution < 1.29 is 18.0 Å². The predicted molar refractivity (Wildman–Crippen MR) is 75.1 cm³/mol. The topological polar surface area (TPSA) is 66.9 Å². The molecule has 0 saturated carbocycles. The van der Waals surface area contributed by atoms with Crippen LogP contribution in [0.25, 0.3) is 0 Å². The summed E-state index contributed by atoms with van der Waals surface area (Å²) in [5.74, 6) is -4.73. The molecule has 116 valence electrons. The monoisotopic (exact) mass is 310 g/mol. The van der Waals surface area contributed by atoms with Gasteiger partial charge in [-0.3, -0.25) is 4.79 Å². The number of halogens is 3. The smallest absolute Gasteiger partial charge is 0.276 e. The van der Waals surface area contributed by atoms with Gasteiger partial charge in [-0.1, -0.05) is 6.92 Å². The largest absolute Gasteiger partial charge is 0.369 e. The summed E-state index contributed by atoms with van der Waals surface area (Å²) in [5, 5.41) is 12.6. The number of rotatable bonds is 5. The van der Waals surface area contributed by atoms with E-state index in [0.29, 0.717) is 12.4 Å². The summed E-state index contributed by atoms with van der Waals surface area (Å²) in [6, 6.07) is 4.57. The Morgan fingerprint density at radius 1 is 1.09 bits per heavy atom. The van der Waals surface area contributed by atoms with E-state index in [9.17, 15) is 18.0 Å². The van der Waals surface area contributed by atoms with Crippen molar-refractivity contribution in [1.82, 2.24) is 10.2 Å². The van der Waals surface area contributed by atoms with Gasteiger partial charge < -0.3 is 10.6 Å². The zero-order valence-corrected chi connectivity index (χ0v) is 11.7. The molecule has 2 aromatic rings. The Hall–Kier alpha value is -2.64. The fourth-order valence-corrected chi connectivity index (χ4v) is 1.61. The van der Waals surface area contributed by atoms with Gasteiger partial charge in [-0.25, -0.2) is 13.2 Å². The van der Waals surface area contributed by atoms with Crippen LogP contribution >= 0.6 is 0 Å². The van der Waals surface area contributed by atoms with Crippen molar-refractivity contribution in [1.29, 1.82) is 0 Å². The number of carbonyl (C=O) groups excluding carboxylic acids is 1. The molecule has 1 amide bonds. The second-order valence-corrected chi connectivity index (χ2v) is 4.41. The third-order valence-corrected chi connectivity index (χ3v) is 2.74. The van der Waals surface area contributed by atoms with Gasteiger partial charge in [0, 0.05) is 6.54 Å². The van der Waals surface area contributed by atoms with Gasteiger partial charge in [-0.2, -0.15) is 0 Å². The molecule has 1 heterocycles. The van der Waals surface area contributed by atoms with Crippen LogP contribution in [0.3, 0.4) is 0 Å². The van der Waals surface area contributed by atoms with Crippen LogP contribution in [-0.4, -0.2) is 22.6 Å². The molecule has 0 atom stereocenters. The molecule has 0 bridgehead atoms. The van der Waals surface area contributed by atoms with Crippen LogP contribution in [0.1, 0.15) is 23.8 Å². The maximum atomic E-state index is 13.5. The fourth-order valence-electron chi connectivity index (χ4n) is 1.61. The van der Waals surface area contributed by atoms with Gasteiger partial charge in [0.15, 0.2) is 23.1 Å². The van der Waals surface area contributed by atoms with Crippen molar-refractivity contribution in [2.45, 2.75) is 13.3 Å². The Morgan fingerprint density at radius 3 is 2.50 bits per heavy atom. The third-order valence-electron chi connectivity index (χ3n) is 2.74. The van der Waals surface area contributed by atoms with Gasteiger partial charge in [-0.05, 0) is 30.7 Å². The second-order valence-electron chi connectivity index (χ2n) is 4.41. The average molecular weight is 310 g/mol. The van der Waals surface area contributed by atoms with E-state index in [2.05, 4.69) is 20.8 Å². The molecule has 0 aliphatic carbocycles. The molecule has 22 heavy (non-hydrogen) atoms. The molecule has 0 spiro atoms. The van der Waals surface area contributed by atoms with E-state index in [1.54, 1.807) is 6.07 Å². The minimum absolute atomic E-state index is 0.0776. The normalized spacial score (nSPS) is 10.4. The molecule has 8 heteroatoms. The first-order chi connectivity index (χ1) is 10.5. The number of carbonyl (C=O) groups is 1. The molecule has 0 unspecified atom stereocenters. The van der Waals surface area contributed by atoms with Crippen LogP contribution in [0.2, 0.25) is 0 Å². The Bertz CT molecular complexity index is 677. The standard InChI is InChI=1S/C14H13F3N4O/c1-2-7-18-11-6-5-10(20-21-11)14(22)19-9-4-3-8(15)12(16)13(9)17/h3-6H,2,7H2,1H3,(H,18,21)(H,19,22). The summed E-state index contributed by atoms with van der Waals surface area (Å²) in [6.07, 6.45) is 0.902. The van der Waals surface area contributed by atoms with Crippen LogP contribution in [-0.2, 0) is 0 Å². The molecular formula is C14H13F3N4O. The predicted octanol–water partition coefficient (Wildman–Crippen LogP) is 2.97. The van der Waals surface area contributed by atoms with E-state index in [-0.39, 0.29) is 5.69 Å². The van der Waals surface area contributed by atoms with Gasteiger partial charge in [-0.15, -0.1) is 10.2 Å². The molecule has 1 aromatic heterocycles. The van der Waals surface area contributed by atoms with Crippen LogP contribution in [0.4, 0.5) is 24.7 Å². The summed E-state index contributed by atoms with van der Waals surface area (Å²) in [5.41, 5.74) is -0.551. The highest BCUT2D eigenvalue weighted by molar-refractivity contribution is 6.02. The van der Waals surface area contributed by atoms with Gasteiger partial charge in [0.25, 0.3) is 5.91 Å². The summed E-state index contributed by atoms with van der Waals surface area (Å²) in [6.45, 7) is 2.69. The van der Waals surface area contributed by atoms with E-state index >= 15 is 0 Å². The lowest BCUT2D eigenvalue weighted by molar-refractivity contribution is 0.102. The summed E-state index contributed by atoms with van der Waals surface area (Å²) >= 11 is 0. The van der Waals surface area contributed by atoms with Crippen molar-refractivity contribution in [2.75, 3.05) is 17.2 Å². The number of benzene rings is 1. The van der Waals surface area contributed by atoms with Gasteiger partial charge in [0.2, 0.25) is 0 Å². The van der Waals surface area contributed by atoms with E-state index < -0.39 is 29.0 Å². The third kappa shape index (κ3) is 3.51. The second kappa shape index (κ2) is 6.88. The highest BCUT2D eigenvalue weighted by Crippen LogP contribution is 2.20. The molecule has 0 aliphatic heterocycles.